The van der Waals surface area contributed by atoms with Gasteiger partial charge in [0.2, 0.25) is 5.88 Å². The van der Waals surface area contributed by atoms with Crippen molar-refractivity contribution in [1.29, 1.82) is 0 Å². The quantitative estimate of drug-likeness (QED) is 0.736. The Kier molecular flexibility index (Phi) is 4.95. The maximum atomic E-state index is 11.4. The number of aromatic carboxylic acids is 1. The molecular weight excluding hydrogens is 318 g/mol. The van der Waals surface area contributed by atoms with E-state index in [1.54, 1.807) is 37.6 Å². The normalized spacial score (nSPS) is 10.3. The van der Waals surface area contributed by atoms with Gasteiger partial charge in [0.15, 0.2) is 0 Å². The molecule has 0 amide bonds. The van der Waals surface area contributed by atoms with E-state index in [2.05, 4.69) is 4.98 Å². The largest absolute Gasteiger partial charge is 0.497 e. The third-order valence-corrected chi connectivity index (χ3v) is 3.73. The van der Waals surface area contributed by atoms with Gasteiger partial charge in [0.25, 0.3) is 0 Å². The first-order valence-corrected chi connectivity index (χ1v) is 7.72. The first-order valence-electron chi connectivity index (χ1n) is 7.72. The van der Waals surface area contributed by atoms with Crippen LogP contribution in [0.2, 0.25) is 0 Å². The van der Waals surface area contributed by atoms with Crippen LogP contribution in [0.3, 0.4) is 0 Å². The average Bonchev–Trinajstić information content (AvgIpc) is 2.67. The van der Waals surface area contributed by atoms with Gasteiger partial charge in [-0.15, -0.1) is 0 Å². The van der Waals surface area contributed by atoms with Gasteiger partial charge in [-0.05, 0) is 29.8 Å². The Morgan fingerprint density at radius 2 is 1.88 bits per heavy atom. The summed E-state index contributed by atoms with van der Waals surface area (Å²) in [7, 11) is 1.54. The van der Waals surface area contributed by atoms with Gasteiger partial charge < -0.3 is 14.6 Å². The lowest BCUT2D eigenvalue weighted by molar-refractivity contribution is 0.0697. The molecular formula is C20H17NO4. The molecule has 0 aliphatic rings. The van der Waals surface area contributed by atoms with Crippen LogP contribution in [0.4, 0.5) is 0 Å². The lowest BCUT2D eigenvalue weighted by Gasteiger charge is -2.10. The fourth-order valence-electron chi connectivity index (χ4n) is 2.43. The molecule has 0 aliphatic carbocycles. The molecule has 0 unspecified atom stereocenters. The number of pyridine rings is 1. The van der Waals surface area contributed by atoms with Gasteiger partial charge in [0, 0.05) is 23.4 Å². The van der Waals surface area contributed by atoms with E-state index < -0.39 is 5.97 Å². The molecule has 25 heavy (non-hydrogen) atoms. The molecule has 5 heteroatoms. The molecule has 0 saturated carbocycles. The number of carboxylic acid groups (broad SMARTS) is 1. The van der Waals surface area contributed by atoms with Gasteiger partial charge in [-0.3, -0.25) is 0 Å². The number of aromatic nitrogens is 1. The Balaban J connectivity index is 1.81. The monoisotopic (exact) mass is 335 g/mol. The summed E-state index contributed by atoms with van der Waals surface area (Å²) in [6.45, 7) is 0.423. The fourth-order valence-corrected chi connectivity index (χ4v) is 2.43. The fraction of sp³-hybridized carbons (Fsp3) is 0.100. The summed E-state index contributed by atoms with van der Waals surface area (Å²) in [5, 5.41) is 9.37. The standard InChI is InChI=1S/C20H17NO4/c1-24-16-8-9-17(20(22)23)18(11-16)15-7-10-19(21-12-15)25-13-14-5-3-2-4-6-14/h2-12H,13H2,1H3,(H,22,23). The molecule has 3 aromatic rings. The van der Waals surface area contributed by atoms with E-state index in [0.717, 1.165) is 5.56 Å². The predicted molar refractivity (Wildman–Crippen MR) is 94.0 cm³/mol. The van der Waals surface area contributed by atoms with Crippen molar-refractivity contribution >= 4 is 5.97 Å². The summed E-state index contributed by atoms with van der Waals surface area (Å²) < 4.78 is 10.8. The lowest BCUT2D eigenvalue weighted by Crippen LogP contribution is -2.01. The van der Waals surface area contributed by atoms with E-state index >= 15 is 0 Å². The Morgan fingerprint density at radius 1 is 1.08 bits per heavy atom. The molecule has 0 aliphatic heterocycles. The molecule has 5 nitrogen and oxygen atoms in total. The van der Waals surface area contributed by atoms with Crippen LogP contribution >= 0.6 is 0 Å². The van der Waals surface area contributed by atoms with Gasteiger partial charge in [0.05, 0.1) is 12.7 Å². The maximum absolute atomic E-state index is 11.4. The van der Waals surface area contributed by atoms with Crippen LogP contribution in [0.1, 0.15) is 15.9 Å². The summed E-state index contributed by atoms with van der Waals surface area (Å²) >= 11 is 0. The molecule has 1 heterocycles. The minimum atomic E-state index is -0.998. The number of carboxylic acids is 1. The highest BCUT2D eigenvalue weighted by atomic mass is 16.5. The second kappa shape index (κ2) is 7.49. The zero-order chi connectivity index (χ0) is 17.6. The van der Waals surface area contributed by atoms with Crippen LogP contribution in [0.25, 0.3) is 11.1 Å². The SMILES string of the molecule is COc1ccc(C(=O)O)c(-c2ccc(OCc3ccccc3)nc2)c1. The summed E-state index contributed by atoms with van der Waals surface area (Å²) in [6.07, 6.45) is 1.60. The van der Waals surface area contributed by atoms with Crippen molar-refractivity contribution in [2.24, 2.45) is 0 Å². The maximum Gasteiger partial charge on any atom is 0.336 e. The van der Waals surface area contributed by atoms with Crippen LogP contribution < -0.4 is 9.47 Å². The summed E-state index contributed by atoms with van der Waals surface area (Å²) in [6, 6.07) is 18.1. The number of ether oxygens (including phenoxy) is 2. The number of hydrogen-bond acceptors (Lipinski definition) is 4. The number of hydrogen-bond donors (Lipinski definition) is 1. The highest BCUT2D eigenvalue weighted by Crippen LogP contribution is 2.28. The lowest BCUT2D eigenvalue weighted by atomic mass is 10.0. The molecule has 0 spiro atoms. The number of carbonyl (C=O) groups is 1. The molecule has 2 aromatic carbocycles. The highest BCUT2D eigenvalue weighted by Gasteiger charge is 2.13. The van der Waals surface area contributed by atoms with Gasteiger partial charge in [-0.25, -0.2) is 9.78 Å². The zero-order valence-corrected chi connectivity index (χ0v) is 13.7. The molecule has 1 N–H and O–H groups in total. The van der Waals surface area contributed by atoms with Crippen molar-refractivity contribution in [2.75, 3.05) is 7.11 Å². The van der Waals surface area contributed by atoms with E-state index in [4.69, 9.17) is 9.47 Å². The van der Waals surface area contributed by atoms with Crippen LogP contribution in [0.5, 0.6) is 11.6 Å². The topological polar surface area (TPSA) is 68.7 Å². The highest BCUT2D eigenvalue weighted by molar-refractivity contribution is 5.96. The molecule has 0 saturated heterocycles. The summed E-state index contributed by atoms with van der Waals surface area (Å²) in [5.74, 6) is 0.0684. The number of nitrogens with zero attached hydrogens (tertiary/aromatic N) is 1. The first kappa shape index (κ1) is 16.5. The van der Waals surface area contributed by atoms with E-state index in [9.17, 15) is 9.90 Å². The minimum absolute atomic E-state index is 0.195. The molecule has 126 valence electrons. The van der Waals surface area contributed by atoms with Crippen LogP contribution in [0.15, 0.2) is 66.9 Å². The van der Waals surface area contributed by atoms with Gasteiger partial charge in [-0.1, -0.05) is 30.3 Å². The van der Waals surface area contributed by atoms with Crippen molar-refractivity contribution < 1.29 is 19.4 Å². The van der Waals surface area contributed by atoms with Crippen LogP contribution in [0, 0.1) is 0 Å². The molecule has 0 radical (unpaired) electrons. The van der Waals surface area contributed by atoms with Crippen molar-refractivity contribution in [3.63, 3.8) is 0 Å². The third-order valence-electron chi connectivity index (χ3n) is 3.73. The molecule has 1 aromatic heterocycles. The van der Waals surface area contributed by atoms with E-state index in [1.165, 1.54) is 6.07 Å². The predicted octanol–water partition coefficient (Wildman–Crippen LogP) is 4.03. The van der Waals surface area contributed by atoms with Crippen molar-refractivity contribution in [3.05, 3.63) is 78.0 Å². The smallest absolute Gasteiger partial charge is 0.336 e. The summed E-state index contributed by atoms with van der Waals surface area (Å²) in [4.78, 5) is 15.7. The number of rotatable bonds is 6. The second-order valence-electron chi connectivity index (χ2n) is 5.38. The number of methoxy groups -OCH3 is 1. The Bertz CT molecular complexity index is 861. The molecule has 3 rings (SSSR count). The minimum Gasteiger partial charge on any atom is -0.497 e. The Labute approximate surface area is 145 Å². The number of benzene rings is 2. The van der Waals surface area contributed by atoms with Gasteiger partial charge >= 0.3 is 5.97 Å². The third kappa shape index (κ3) is 3.95. The van der Waals surface area contributed by atoms with E-state index in [-0.39, 0.29) is 5.56 Å². The first-order chi connectivity index (χ1) is 12.2. The Hall–Kier alpha value is -3.34. The average molecular weight is 335 g/mol. The van der Waals surface area contributed by atoms with Crippen LogP contribution in [-0.4, -0.2) is 23.2 Å². The molecule has 0 bridgehead atoms. The van der Waals surface area contributed by atoms with Crippen molar-refractivity contribution in [3.8, 4) is 22.8 Å². The zero-order valence-electron chi connectivity index (χ0n) is 13.7. The van der Waals surface area contributed by atoms with Gasteiger partial charge in [-0.2, -0.15) is 0 Å². The Morgan fingerprint density at radius 3 is 2.52 bits per heavy atom. The van der Waals surface area contributed by atoms with Crippen molar-refractivity contribution in [2.45, 2.75) is 6.61 Å². The molecule has 0 atom stereocenters. The van der Waals surface area contributed by atoms with E-state index in [0.29, 0.717) is 29.4 Å². The second-order valence-corrected chi connectivity index (χ2v) is 5.38. The van der Waals surface area contributed by atoms with E-state index in [1.807, 2.05) is 30.3 Å². The summed E-state index contributed by atoms with van der Waals surface area (Å²) in [5.41, 5.74) is 2.48. The molecule has 0 fully saturated rings. The van der Waals surface area contributed by atoms with Crippen LogP contribution in [-0.2, 0) is 6.61 Å². The van der Waals surface area contributed by atoms with Crippen molar-refractivity contribution in [1.82, 2.24) is 4.98 Å². The van der Waals surface area contributed by atoms with Gasteiger partial charge in [0.1, 0.15) is 12.4 Å².